The number of imide groups is 1. The lowest BCUT2D eigenvalue weighted by molar-refractivity contribution is -0.136. The zero-order valence-electron chi connectivity index (χ0n) is 14.4. The molecule has 3 heterocycles. The van der Waals surface area contributed by atoms with Crippen LogP contribution in [0.4, 0.5) is 4.79 Å². The Morgan fingerprint density at radius 3 is 2.43 bits per heavy atom. The predicted molar refractivity (Wildman–Crippen MR) is 85.6 cm³/mol. The lowest BCUT2D eigenvalue weighted by Gasteiger charge is -2.36. The van der Waals surface area contributed by atoms with Crippen LogP contribution in [0.2, 0.25) is 0 Å². The molecule has 0 aromatic rings. The summed E-state index contributed by atoms with van der Waals surface area (Å²) in [5.41, 5.74) is -0.623. The van der Waals surface area contributed by atoms with E-state index in [4.69, 9.17) is 0 Å². The van der Waals surface area contributed by atoms with E-state index >= 15 is 0 Å². The fourth-order valence-corrected chi connectivity index (χ4v) is 4.14. The van der Waals surface area contributed by atoms with Gasteiger partial charge in [0.2, 0.25) is 5.91 Å². The monoisotopic (exact) mass is 321 g/mol. The van der Waals surface area contributed by atoms with Crippen molar-refractivity contribution in [2.75, 3.05) is 19.6 Å². The first-order valence-corrected chi connectivity index (χ1v) is 8.77. The van der Waals surface area contributed by atoms with E-state index in [-0.39, 0.29) is 23.9 Å². The number of urea groups is 1. The summed E-state index contributed by atoms with van der Waals surface area (Å²) in [5, 5.41) is 0. The number of fused-ring (bicyclic) bond motifs is 1. The second-order valence-electron chi connectivity index (χ2n) is 7.70. The Balaban J connectivity index is 1.63. The fourth-order valence-electron chi connectivity index (χ4n) is 4.14. The van der Waals surface area contributed by atoms with Crippen molar-refractivity contribution in [3.05, 3.63) is 0 Å². The van der Waals surface area contributed by atoms with Gasteiger partial charge in [-0.05, 0) is 38.5 Å². The molecule has 6 heteroatoms. The Hall–Kier alpha value is -1.59. The SMILES string of the molecule is CC(C)CC(=O)N1CCC(N2C(=O)N3CCC[C@]3(C)C2=O)CC1. The van der Waals surface area contributed by atoms with Crippen LogP contribution in [0.5, 0.6) is 0 Å². The quantitative estimate of drug-likeness (QED) is 0.745. The Kier molecular flexibility index (Phi) is 4.10. The maximum absolute atomic E-state index is 12.8. The number of rotatable bonds is 3. The molecule has 3 fully saturated rings. The van der Waals surface area contributed by atoms with Gasteiger partial charge in [-0.1, -0.05) is 13.8 Å². The van der Waals surface area contributed by atoms with E-state index in [1.165, 1.54) is 4.90 Å². The molecule has 0 unspecified atom stereocenters. The second kappa shape index (κ2) is 5.80. The van der Waals surface area contributed by atoms with Crippen LogP contribution in [0.25, 0.3) is 0 Å². The molecule has 3 saturated heterocycles. The van der Waals surface area contributed by atoms with Gasteiger partial charge in [0.25, 0.3) is 5.91 Å². The molecule has 23 heavy (non-hydrogen) atoms. The first-order chi connectivity index (χ1) is 10.8. The zero-order valence-corrected chi connectivity index (χ0v) is 14.4. The van der Waals surface area contributed by atoms with Crippen molar-refractivity contribution in [2.24, 2.45) is 5.92 Å². The maximum Gasteiger partial charge on any atom is 0.327 e. The summed E-state index contributed by atoms with van der Waals surface area (Å²) in [6, 6.07) is -0.178. The molecule has 1 atom stereocenters. The standard InChI is InChI=1S/C17H27N3O3/c1-12(2)11-14(21)18-9-5-13(6-10-18)20-15(22)17(3)7-4-8-19(17)16(20)23/h12-13H,4-11H2,1-3H3/t17-/m1/s1. The lowest BCUT2D eigenvalue weighted by Crippen LogP contribution is -2.50. The molecule has 128 valence electrons. The molecule has 4 amide bonds. The number of hydrogen-bond donors (Lipinski definition) is 0. The smallest absolute Gasteiger partial charge is 0.327 e. The third-order valence-electron chi connectivity index (χ3n) is 5.52. The van der Waals surface area contributed by atoms with Crippen LogP contribution in [0.15, 0.2) is 0 Å². The maximum atomic E-state index is 12.8. The molecule has 0 N–H and O–H groups in total. The second-order valence-corrected chi connectivity index (χ2v) is 7.70. The van der Waals surface area contributed by atoms with E-state index in [1.54, 1.807) is 4.90 Å². The number of amides is 4. The summed E-state index contributed by atoms with van der Waals surface area (Å²) < 4.78 is 0. The topological polar surface area (TPSA) is 60.9 Å². The van der Waals surface area contributed by atoms with Crippen LogP contribution in [0.3, 0.4) is 0 Å². The summed E-state index contributed by atoms with van der Waals surface area (Å²) in [4.78, 5) is 42.6. The summed E-state index contributed by atoms with van der Waals surface area (Å²) in [7, 11) is 0. The van der Waals surface area contributed by atoms with Crippen LogP contribution < -0.4 is 0 Å². The number of likely N-dealkylation sites (tertiary alicyclic amines) is 1. The fraction of sp³-hybridized carbons (Fsp3) is 0.824. The third-order valence-corrected chi connectivity index (χ3v) is 5.52. The van der Waals surface area contributed by atoms with Crippen molar-refractivity contribution in [1.82, 2.24) is 14.7 Å². The molecular weight excluding hydrogens is 294 g/mol. The van der Waals surface area contributed by atoms with Gasteiger partial charge in [-0.2, -0.15) is 0 Å². The first-order valence-electron chi connectivity index (χ1n) is 8.77. The summed E-state index contributed by atoms with van der Waals surface area (Å²) in [6.07, 6.45) is 3.64. The third kappa shape index (κ3) is 2.62. The van der Waals surface area contributed by atoms with E-state index < -0.39 is 5.54 Å². The van der Waals surface area contributed by atoms with Gasteiger partial charge >= 0.3 is 6.03 Å². The summed E-state index contributed by atoms with van der Waals surface area (Å²) >= 11 is 0. The van der Waals surface area contributed by atoms with Gasteiger partial charge in [0, 0.05) is 32.1 Å². The van der Waals surface area contributed by atoms with Crippen LogP contribution in [0, 0.1) is 5.92 Å². The molecule has 0 aromatic carbocycles. The van der Waals surface area contributed by atoms with E-state index in [0.29, 0.717) is 44.8 Å². The van der Waals surface area contributed by atoms with Gasteiger partial charge in [-0.3, -0.25) is 14.5 Å². The van der Waals surface area contributed by atoms with E-state index in [0.717, 1.165) is 12.8 Å². The molecule has 3 rings (SSSR count). The van der Waals surface area contributed by atoms with E-state index in [2.05, 4.69) is 0 Å². The van der Waals surface area contributed by atoms with Crippen molar-refractivity contribution < 1.29 is 14.4 Å². The number of carbonyl (C=O) groups is 3. The average Bonchev–Trinajstić information content (AvgIpc) is 2.97. The molecular formula is C17H27N3O3. The lowest BCUT2D eigenvalue weighted by atomic mass is 9.97. The van der Waals surface area contributed by atoms with Crippen molar-refractivity contribution in [3.63, 3.8) is 0 Å². The number of piperidine rings is 1. The Morgan fingerprint density at radius 1 is 1.22 bits per heavy atom. The minimum absolute atomic E-state index is 0.0352. The molecule has 3 aliphatic heterocycles. The molecule has 3 aliphatic rings. The van der Waals surface area contributed by atoms with Crippen LogP contribution >= 0.6 is 0 Å². The highest BCUT2D eigenvalue weighted by Crippen LogP contribution is 2.39. The molecule has 0 bridgehead atoms. The molecule has 0 aromatic heterocycles. The van der Waals surface area contributed by atoms with Gasteiger partial charge in [0.1, 0.15) is 5.54 Å². The molecule has 0 aliphatic carbocycles. The van der Waals surface area contributed by atoms with Gasteiger partial charge < -0.3 is 9.80 Å². The van der Waals surface area contributed by atoms with Gasteiger partial charge in [0.05, 0.1) is 0 Å². The van der Waals surface area contributed by atoms with E-state index in [1.807, 2.05) is 25.7 Å². The number of carbonyl (C=O) groups excluding carboxylic acids is 3. The van der Waals surface area contributed by atoms with Crippen LogP contribution in [0.1, 0.15) is 52.9 Å². The van der Waals surface area contributed by atoms with Gasteiger partial charge in [-0.25, -0.2) is 4.79 Å². The van der Waals surface area contributed by atoms with Gasteiger partial charge in [-0.15, -0.1) is 0 Å². The minimum Gasteiger partial charge on any atom is -0.343 e. The van der Waals surface area contributed by atoms with Crippen molar-refractivity contribution in [3.8, 4) is 0 Å². The largest absolute Gasteiger partial charge is 0.343 e. The summed E-state index contributed by atoms with van der Waals surface area (Å²) in [5.74, 6) is 0.506. The minimum atomic E-state index is -0.623. The van der Waals surface area contributed by atoms with Crippen molar-refractivity contribution >= 4 is 17.8 Å². The first kappa shape index (κ1) is 16.3. The predicted octanol–water partition coefficient (Wildman–Crippen LogP) is 1.84. The highest BCUT2D eigenvalue weighted by molar-refractivity contribution is 6.07. The van der Waals surface area contributed by atoms with Crippen LogP contribution in [-0.4, -0.2) is 63.8 Å². The van der Waals surface area contributed by atoms with Gasteiger partial charge in [0.15, 0.2) is 0 Å². The number of nitrogens with zero attached hydrogens (tertiary/aromatic N) is 3. The molecule has 6 nitrogen and oxygen atoms in total. The Labute approximate surface area is 137 Å². The Morgan fingerprint density at radius 2 is 1.87 bits per heavy atom. The highest BCUT2D eigenvalue weighted by atomic mass is 16.2. The molecule has 0 saturated carbocycles. The van der Waals surface area contributed by atoms with Crippen molar-refractivity contribution in [2.45, 2.75) is 64.5 Å². The molecule has 0 spiro atoms. The highest BCUT2D eigenvalue weighted by Gasteiger charge is 2.58. The van der Waals surface area contributed by atoms with E-state index in [9.17, 15) is 14.4 Å². The normalized spacial score (nSPS) is 29.0. The Bertz CT molecular complexity index is 525. The summed E-state index contributed by atoms with van der Waals surface area (Å²) in [6.45, 7) is 7.94. The zero-order chi connectivity index (χ0) is 16.8. The number of hydrogen-bond acceptors (Lipinski definition) is 3. The van der Waals surface area contributed by atoms with Crippen LogP contribution in [-0.2, 0) is 9.59 Å². The van der Waals surface area contributed by atoms with Crippen molar-refractivity contribution in [1.29, 1.82) is 0 Å². The molecule has 0 radical (unpaired) electrons. The average molecular weight is 321 g/mol.